The summed E-state index contributed by atoms with van der Waals surface area (Å²) < 4.78 is 13.3. The van der Waals surface area contributed by atoms with Crippen molar-refractivity contribution in [2.75, 3.05) is 13.2 Å². The molecule has 11 rings (SSSR count). The van der Waals surface area contributed by atoms with E-state index in [1.54, 1.807) is 0 Å². The first-order valence-electron chi connectivity index (χ1n) is 21.9. The second-order valence-corrected chi connectivity index (χ2v) is 16.1. The van der Waals surface area contributed by atoms with E-state index in [0.29, 0.717) is 19.0 Å². The van der Waals surface area contributed by atoms with Gasteiger partial charge in [-0.25, -0.2) is 9.97 Å². The van der Waals surface area contributed by atoms with E-state index in [2.05, 4.69) is 192 Å². The van der Waals surface area contributed by atoms with Gasteiger partial charge in [0.15, 0.2) is 5.75 Å². The summed E-state index contributed by atoms with van der Waals surface area (Å²) in [6.45, 7) is 1.05. The molecule has 6 nitrogen and oxygen atoms in total. The summed E-state index contributed by atoms with van der Waals surface area (Å²) in [5.41, 5.74) is 15.5. The van der Waals surface area contributed by atoms with Gasteiger partial charge < -0.3 is 19.4 Å². The predicted molar refractivity (Wildman–Crippen MR) is 265 cm³/mol. The molecule has 0 atom stereocenters. The van der Waals surface area contributed by atoms with Gasteiger partial charge in [0, 0.05) is 38.6 Å². The fourth-order valence-corrected chi connectivity index (χ4v) is 8.78. The van der Waals surface area contributed by atoms with Crippen molar-refractivity contribution >= 4 is 57.1 Å². The molecule has 2 aliphatic heterocycles. The monoisotopic (exact) mass is 828 g/mol. The van der Waals surface area contributed by atoms with Crippen molar-refractivity contribution in [1.29, 1.82) is 0 Å². The van der Waals surface area contributed by atoms with Gasteiger partial charge in [0.1, 0.15) is 11.4 Å². The standard InChI is InChI=1S/C58H44N4O2/c1-4-16-39(17-5-1)43-24-14-25-44(36-43)48-38-46-37-45-28-29-49(59-45)55(41-19-6-2-7-20-41)50-30-31-51(61-50)56(42-21-8-3-9-22-42)52-32-33-53(62-52)58(57(48)60-46)64-35-13-12-34-63-54-27-15-23-40-18-10-11-26-47(40)54/h1-11,14-33,36-38,60-61H,12-13,34-35H2. The van der Waals surface area contributed by atoms with Gasteiger partial charge in [-0.1, -0.05) is 146 Å². The molecule has 2 N–H and O–H groups in total. The van der Waals surface area contributed by atoms with Crippen LogP contribution in [-0.2, 0) is 0 Å². The molecular weight excluding hydrogens is 785 g/mol. The highest BCUT2D eigenvalue weighted by molar-refractivity contribution is 5.98. The van der Waals surface area contributed by atoms with Crippen LogP contribution in [0.3, 0.4) is 0 Å². The number of aromatic nitrogens is 4. The Kier molecular flexibility index (Phi) is 10.4. The molecule has 3 aromatic heterocycles. The predicted octanol–water partition coefficient (Wildman–Crippen LogP) is 14.7. The quantitative estimate of drug-likeness (QED) is 0.127. The number of H-pyrrole nitrogens is 2. The minimum absolute atomic E-state index is 0.471. The lowest BCUT2D eigenvalue weighted by Gasteiger charge is -2.11. The Bertz CT molecular complexity index is 3380. The smallest absolute Gasteiger partial charge is 0.168 e. The van der Waals surface area contributed by atoms with Crippen molar-refractivity contribution in [1.82, 2.24) is 19.9 Å². The second-order valence-electron chi connectivity index (χ2n) is 16.1. The van der Waals surface area contributed by atoms with Crippen LogP contribution >= 0.6 is 0 Å². The highest BCUT2D eigenvalue weighted by Crippen LogP contribution is 2.39. The fourth-order valence-electron chi connectivity index (χ4n) is 8.78. The minimum atomic E-state index is 0.471. The molecule has 8 bridgehead atoms. The third kappa shape index (κ3) is 7.78. The topological polar surface area (TPSA) is 75.8 Å². The molecule has 0 fully saturated rings. The first kappa shape index (κ1) is 38.7. The van der Waals surface area contributed by atoms with Gasteiger partial charge in [-0.15, -0.1) is 0 Å². The van der Waals surface area contributed by atoms with Gasteiger partial charge in [-0.3, -0.25) is 0 Å². The number of nitrogens with zero attached hydrogens (tertiary/aromatic N) is 2. The molecule has 6 heteroatoms. The highest BCUT2D eigenvalue weighted by Gasteiger charge is 2.19. The summed E-state index contributed by atoms with van der Waals surface area (Å²) in [4.78, 5) is 18.3. The number of unbranched alkanes of at least 4 members (excludes halogenated alkanes) is 1. The second kappa shape index (κ2) is 17.3. The van der Waals surface area contributed by atoms with Crippen LogP contribution in [0.15, 0.2) is 182 Å². The van der Waals surface area contributed by atoms with Crippen molar-refractivity contribution in [3.63, 3.8) is 0 Å². The zero-order valence-electron chi connectivity index (χ0n) is 35.2. The third-order valence-electron chi connectivity index (χ3n) is 11.8. The van der Waals surface area contributed by atoms with Crippen LogP contribution in [0.1, 0.15) is 35.6 Å². The number of hydrogen-bond donors (Lipinski definition) is 2. The van der Waals surface area contributed by atoms with Gasteiger partial charge in [-0.2, -0.15) is 0 Å². The highest BCUT2D eigenvalue weighted by atomic mass is 16.5. The Morgan fingerprint density at radius 3 is 1.75 bits per heavy atom. The maximum atomic E-state index is 6.96. The number of benzene rings is 6. The minimum Gasteiger partial charge on any atom is -0.493 e. The van der Waals surface area contributed by atoms with Crippen molar-refractivity contribution in [2.24, 2.45) is 0 Å². The zero-order chi connectivity index (χ0) is 42.7. The first-order valence-corrected chi connectivity index (χ1v) is 21.9. The molecule has 64 heavy (non-hydrogen) atoms. The van der Waals surface area contributed by atoms with Crippen molar-refractivity contribution < 1.29 is 9.47 Å². The Balaban J connectivity index is 1.09. The first-order chi connectivity index (χ1) is 31.7. The van der Waals surface area contributed by atoms with Crippen LogP contribution in [0.5, 0.6) is 11.5 Å². The zero-order valence-corrected chi connectivity index (χ0v) is 35.2. The number of nitrogens with one attached hydrogen (secondary N) is 2. The van der Waals surface area contributed by atoms with E-state index in [1.165, 1.54) is 5.39 Å². The van der Waals surface area contributed by atoms with Crippen LogP contribution in [0.2, 0.25) is 0 Å². The van der Waals surface area contributed by atoms with Gasteiger partial charge in [0.05, 0.1) is 35.8 Å². The van der Waals surface area contributed by atoms with Crippen molar-refractivity contribution in [2.45, 2.75) is 12.8 Å². The van der Waals surface area contributed by atoms with E-state index in [9.17, 15) is 0 Å². The molecule has 0 radical (unpaired) electrons. The normalized spacial score (nSPS) is 11.9. The number of hydrogen-bond acceptors (Lipinski definition) is 4. The average Bonchev–Trinajstić information content (AvgIpc) is 4.20. The van der Waals surface area contributed by atoms with Gasteiger partial charge in [-0.05, 0) is 107 Å². The summed E-state index contributed by atoms with van der Waals surface area (Å²) >= 11 is 0. The summed E-state index contributed by atoms with van der Waals surface area (Å²) in [5.74, 6) is 1.58. The van der Waals surface area contributed by atoms with Gasteiger partial charge >= 0.3 is 0 Å². The summed E-state index contributed by atoms with van der Waals surface area (Å²) in [5, 5.41) is 2.29. The maximum Gasteiger partial charge on any atom is 0.168 e. The number of ether oxygens (including phenoxy) is 2. The largest absolute Gasteiger partial charge is 0.493 e. The molecule has 0 saturated heterocycles. The van der Waals surface area contributed by atoms with Crippen LogP contribution in [0, 0.1) is 0 Å². The van der Waals surface area contributed by atoms with E-state index in [4.69, 9.17) is 19.4 Å². The number of aromatic amines is 2. The van der Waals surface area contributed by atoms with E-state index >= 15 is 0 Å². The molecule has 2 aliphatic rings. The van der Waals surface area contributed by atoms with Crippen molar-refractivity contribution in [3.05, 3.63) is 205 Å². The molecule has 0 spiro atoms. The number of rotatable bonds is 11. The molecule has 0 amide bonds. The molecule has 6 aromatic carbocycles. The molecule has 5 heterocycles. The third-order valence-corrected chi connectivity index (χ3v) is 11.8. The molecular formula is C58H44N4O2. The summed E-state index contributed by atoms with van der Waals surface area (Å²) in [7, 11) is 0. The molecule has 0 unspecified atom stereocenters. The van der Waals surface area contributed by atoms with E-state index in [-0.39, 0.29) is 0 Å². The lowest BCUT2D eigenvalue weighted by molar-refractivity contribution is 0.269. The summed E-state index contributed by atoms with van der Waals surface area (Å²) in [6, 6.07) is 63.3. The Morgan fingerprint density at radius 2 is 1.00 bits per heavy atom. The fraction of sp³-hybridized carbons (Fsp3) is 0.0690. The summed E-state index contributed by atoms with van der Waals surface area (Å²) in [6.07, 6.45) is 9.99. The molecule has 308 valence electrons. The average molecular weight is 829 g/mol. The Hall–Kier alpha value is -8.22. The Labute approximate surface area is 371 Å². The van der Waals surface area contributed by atoms with E-state index in [0.717, 1.165) is 113 Å². The van der Waals surface area contributed by atoms with Gasteiger partial charge in [0.2, 0.25) is 0 Å². The molecule has 9 aromatic rings. The van der Waals surface area contributed by atoms with E-state index in [1.807, 2.05) is 24.3 Å². The van der Waals surface area contributed by atoms with Crippen LogP contribution < -0.4 is 9.47 Å². The van der Waals surface area contributed by atoms with Gasteiger partial charge in [0.25, 0.3) is 0 Å². The number of fused-ring (bicyclic) bond motifs is 9. The Morgan fingerprint density at radius 1 is 0.422 bits per heavy atom. The lowest BCUT2D eigenvalue weighted by Crippen LogP contribution is -2.04. The molecule has 0 saturated carbocycles. The molecule has 0 aliphatic carbocycles. The maximum absolute atomic E-state index is 6.96. The van der Waals surface area contributed by atoms with Crippen molar-refractivity contribution in [3.8, 4) is 56.0 Å². The van der Waals surface area contributed by atoms with Crippen LogP contribution in [0.25, 0.3) is 102 Å². The van der Waals surface area contributed by atoms with Crippen LogP contribution in [-0.4, -0.2) is 33.1 Å². The lowest BCUT2D eigenvalue weighted by atomic mass is 9.99. The van der Waals surface area contributed by atoms with Crippen LogP contribution in [0.4, 0.5) is 0 Å². The van der Waals surface area contributed by atoms with E-state index < -0.39 is 0 Å². The SMILES string of the molecule is C1=Cc2nc1cc1cc(-c3cccc(-c4ccccc4)c3)c([nH]1)c(OCCCCOc1cccc3ccccc13)c1nc(c(-c3ccccc3)c3ccc([nH]3)c2-c2ccccc2)C=C1.